The van der Waals surface area contributed by atoms with E-state index in [1.54, 1.807) is 4.68 Å². The summed E-state index contributed by atoms with van der Waals surface area (Å²) in [6.45, 7) is 3.83. The predicted molar refractivity (Wildman–Crippen MR) is 85.7 cm³/mol. The van der Waals surface area contributed by atoms with Gasteiger partial charge in [0.1, 0.15) is 5.82 Å². The summed E-state index contributed by atoms with van der Waals surface area (Å²) in [4.78, 5) is 19.8. The average molecular weight is 297 g/mol. The number of carbonyl (C=O) groups excluding carboxylic acids is 1. The molecule has 0 atom stereocenters. The Balaban J connectivity index is 1.64. The Morgan fingerprint density at radius 2 is 2.09 bits per heavy atom. The van der Waals surface area contributed by atoms with Gasteiger partial charge in [-0.15, -0.1) is 0 Å². The van der Waals surface area contributed by atoms with Crippen molar-refractivity contribution in [1.82, 2.24) is 19.7 Å². The summed E-state index contributed by atoms with van der Waals surface area (Å²) in [5.41, 5.74) is 4.51. The van der Waals surface area contributed by atoms with Crippen molar-refractivity contribution < 1.29 is 4.79 Å². The highest BCUT2D eigenvalue weighted by Gasteiger charge is 2.13. The number of aromatic nitrogens is 4. The van der Waals surface area contributed by atoms with Crippen LogP contribution in [0.4, 0.5) is 5.69 Å². The second-order valence-corrected chi connectivity index (χ2v) is 5.42. The molecule has 2 heterocycles. The number of anilines is 1. The van der Waals surface area contributed by atoms with Gasteiger partial charge >= 0.3 is 0 Å². The standard InChI is InChI=1S/C16H19N5O/c1-10-16(11(2)21(3)20-10)19-15(22)9-8-14-17-12-6-4-5-7-13(12)18-14/h4-7H,8-9H2,1-3H3,(H,17,18)(H,19,22). The third-order valence-electron chi connectivity index (χ3n) is 3.80. The van der Waals surface area contributed by atoms with Gasteiger partial charge in [-0.2, -0.15) is 5.10 Å². The molecule has 0 radical (unpaired) electrons. The molecule has 0 aliphatic carbocycles. The Kier molecular flexibility index (Phi) is 3.66. The van der Waals surface area contributed by atoms with Crippen LogP contribution < -0.4 is 5.32 Å². The molecule has 0 spiro atoms. The Hall–Kier alpha value is -2.63. The van der Waals surface area contributed by atoms with Gasteiger partial charge in [0.05, 0.1) is 28.1 Å². The number of imidazole rings is 1. The number of aryl methyl sites for hydroxylation is 3. The molecule has 0 fully saturated rings. The molecule has 1 aromatic carbocycles. The molecule has 0 aliphatic heterocycles. The van der Waals surface area contributed by atoms with Crippen LogP contribution in [0.15, 0.2) is 24.3 Å². The van der Waals surface area contributed by atoms with Gasteiger partial charge in [0.25, 0.3) is 0 Å². The van der Waals surface area contributed by atoms with Crippen molar-refractivity contribution in [2.24, 2.45) is 7.05 Å². The summed E-state index contributed by atoms with van der Waals surface area (Å²) in [7, 11) is 1.87. The fourth-order valence-electron chi connectivity index (χ4n) is 2.51. The normalized spacial score (nSPS) is 11.0. The molecule has 1 amide bonds. The number of para-hydroxylation sites is 2. The van der Waals surface area contributed by atoms with Crippen LogP contribution in [0.3, 0.4) is 0 Å². The lowest BCUT2D eigenvalue weighted by Gasteiger charge is -2.04. The van der Waals surface area contributed by atoms with E-state index in [1.807, 2.05) is 45.2 Å². The zero-order valence-electron chi connectivity index (χ0n) is 13.0. The molecular formula is C16H19N5O. The lowest BCUT2D eigenvalue weighted by atomic mass is 10.2. The number of carbonyl (C=O) groups is 1. The number of aromatic amines is 1. The molecule has 3 rings (SSSR count). The van der Waals surface area contributed by atoms with Crippen LogP contribution in [0.25, 0.3) is 11.0 Å². The van der Waals surface area contributed by atoms with E-state index in [9.17, 15) is 4.79 Å². The minimum atomic E-state index is -0.0281. The number of amides is 1. The number of hydrogen-bond acceptors (Lipinski definition) is 3. The van der Waals surface area contributed by atoms with E-state index in [-0.39, 0.29) is 5.91 Å². The highest BCUT2D eigenvalue weighted by atomic mass is 16.1. The van der Waals surface area contributed by atoms with Gasteiger partial charge in [-0.05, 0) is 26.0 Å². The zero-order valence-corrected chi connectivity index (χ0v) is 13.0. The Labute approximate surface area is 128 Å². The summed E-state index contributed by atoms with van der Waals surface area (Å²) in [5.74, 6) is 0.802. The third-order valence-corrected chi connectivity index (χ3v) is 3.80. The van der Waals surface area contributed by atoms with Crippen molar-refractivity contribution in [1.29, 1.82) is 0 Å². The number of nitrogens with one attached hydrogen (secondary N) is 2. The molecule has 0 aliphatic rings. The smallest absolute Gasteiger partial charge is 0.224 e. The maximum absolute atomic E-state index is 12.1. The quantitative estimate of drug-likeness (QED) is 0.777. The van der Waals surface area contributed by atoms with Crippen LogP contribution in [0.1, 0.15) is 23.6 Å². The number of hydrogen-bond donors (Lipinski definition) is 2. The van der Waals surface area contributed by atoms with E-state index in [2.05, 4.69) is 20.4 Å². The van der Waals surface area contributed by atoms with E-state index >= 15 is 0 Å². The SMILES string of the molecule is Cc1nn(C)c(C)c1NC(=O)CCc1nc2ccccc2[nH]1. The lowest BCUT2D eigenvalue weighted by molar-refractivity contribution is -0.116. The molecular weight excluding hydrogens is 278 g/mol. The summed E-state index contributed by atoms with van der Waals surface area (Å²) in [6, 6.07) is 7.85. The molecule has 114 valence electrons. The number of rotatable bonds is 4. The topological polar surface area (TPSA) is 75.6 Å². The van der Waals surface area contributed by atoms with E-state index in [1.165, 1.54) is 0 Å². The molecule has 3 aromatic rings. The van der Waals surface area contributed by atoms with Crippen molar-refractivity contribution in [2.45, 2.75) is 26.7 Å². The third kappa shape index (κ3) is 2.72. The van der Waals surface area contributed by atoms with Crippen LogP contribution in [0.2, 0.25) is 0 Å². The number of fused-ring (bicyclic) bond motifs is 1. The Morgan fingerprint density at radius 3 is 2.77 bits per heavy atom. The minimum Gasteiger partial charge on any atom is -0.342 e. The van der Waals surface area contributed by atoms with Crippen LogP contribution in [-0.4, -0.2) is 25.7 Å². The van der Waals surface area contributed by atoms with Crippen molar-refractivity contribution in [3.05, 3.63) is 41.5 Å². The molecule has 0 saturated heterocycles. The van der Waals surface area contributed by atoms with E-state index in [0.717, 1.165) is 33.9 Å². The van der Waals surface area contributed by atoms with Crippen molar-refractivity contribution in [3.63, 3.8) is 0 Å². The van der Waals surface area contributed by atoms with Gasteiger partial charge < -0.3 is 10.3 Å². The van der Waals surface area contributed by atoms with Crippen molar-refractivity contribution >= 4 is 22.6 Å². The molecule has 6 heteroatoms. The van der Waals surface area contributed by atoms with Gasteiger partial charge in [-0.3, -0.25) is 9.48 Å². The zero-order chi connectivity index (χ0) is 15.7. The Morgan fingerprint density at radius 1 is 1.32 bits per heavy atom. The number of nitrogens with zero attached hydrogens (tertiary/aromatic N) is 3. The van der Waals surface area contributed by atoms with E-state index < -0.39 is 0 Å². The fraction of sp³-hybridized carbons (Fsp3) is 0.312. The summed E-state index contributed by atoms with van der Waals surface area (Å²) in [5, 5.41) is 7.23. The van der Waals surface area contributed by atoms with Crippen LogP contribution in [0, 0.1) is 13.8 Å². The second kappa shape index (κ2) is 5.63. The average Bonchev–Trinajstić information content (AvgIpc) is 3.01. The van der Waals surface area contributed by atoms with Gasteiger partial charge in [-0.1, -0.05) is 12.1 Å². The van der Waals surface area contributed by atoms with Gasteiger partial charge in [0.2, 0.25) is 5.91 Å². The lowest BCUT2D eigenvalue weighted by Crippen LogP contribution is -2.14. The Bertz CT molecular complexity index is 797. The molecule has 2 N–H and O–H groups in total. The van der Waals surface area contributed by atoms with Crippen molar-refractivity contribution in [3.8, 4) is 0 Å². The van der Waals surface area contributed by atoms with Gasteiger partial charge in [0.15, 0.2) is 0 Å². The summed E-state index contributed by atoms with van der Waals surface area (Å²) < 4.78 is 1.77. The molecule has 0 saturated carbocycles. The van der Waals surface area contributed by atoms with Crippen LogP contribution in [-0.2, 0) is 18.3 Å². The maximum Gasteiger partial charge on any atom is 0.224 e. The highest BCUT2D eigenvalue weighted by Crippen LogP contribution is 2.18. The predicted octanol–water partition coefficient (Wildman–Crippen LogP) is 2.48. The van der Waals surface area contributed by atoms with E-state index in [0.29, 0.717) is 12.8 Å². The molecule has 2 aromatic heterocycles. The maximum atomic E-state index is 12.1. The first-order chi connectivity index (χ1) is 10.5. The number of benzene rings is 1. The largest absolute Gasteiger partial charge is 0.342 e. The van der Waals surface area contributed by atoms with E-state index in [4.69, 9.17) is 0 Å². The molecule has 6 nitrogen and oxygen atoms in total. The van der Waals surface area contributed by atoms with Gasteiger partial charge in [-0.25, -0.2) is 4.98 Å². The highest BCUT2D eigenvalue weighted by molar-refractivity contribution is 5.92. The van der Waals surface area contributed by atoms with Gasteiger partial charge in [0, 0.05) is 19.9 Å². The van der Waals surface area contributed by atoms with Crippen molar-refractivity contribution in [2.75, 3.05) is 5.32 Å². The minimum absolute atomic E-state index is 0.0281. The van der Waals surface area contributed by atoms with Crippen LogP contribution >= 0.6 is 0 Å². The first-order valence-electron chi connectivity index (χ1n) is 7.28. The summed E-state index contributed by atoms with van der Waals surface area (Å²) >= 11 is 0. The molecule has 0 bridgehead atoms. The molecule has 22 heavy (non-hydrogen) atoms. The summed E-state index contributed by atoms with van der Waals surface area (Å²) in [6.07, 6.45) is 0.965. The second-order valence-electron chi connectivity index (χ2n) is 5.42. The fourth-order valence-corrected chi connectivity index (χ4v) is 2.51. The number of H-pyrrole nitrogens is 1. The monoisotopic (exact) mass is 297 g/mol. The molecule has 0 unspecified atom stereocenters. The first-order valence-corrected chi connectivity index (χ1v) is 7.28. The first kappa shape index (κ1) is 14.3. The van der Waals surface area contributed by atoms with Crippen LogP contribution in [0.5, 0.6) is 0 Å².